The molecule has 2 nitrogen and oxygen atoms in total. The molecule has 1 N–H and O–H groups in total. The van der Waals surface area contributed by atoms with Crippen LogP contribution in [0, 0.1) is 0 Å². The zero-order chi connectivity index (χ0) is 12.0. The quantitative estimate of drug-likeness (QED) is 0.772. The molecule has 0 bridgehead atoms. The molecular formula is C14H19NO. The first kappa shape index (κ1) is 12.5. The summed E-state index contributed by atoms with van der Waals surface area (Å²) in [6, 6.07) is 9.98. The van der Waals surface area contributed by atoms with Crippen LogP contribution in [0.1, 0.15) is 32.8 Å². The van der Waals surface area contributed by atoms with Crippen LogP contribution < -0.4 is 5.32 Å². The number of hydrogen-bond donors (Lipinski definition) is 1. The van der Waals surface area contributed by atoms with Crippen molar-refractivity contribution >= 4 is 11.5 Å². The van der Waals surface area contributed by atoms with Gasteiger partial charge in [-0.15, -0.1) is 0 Å². The average Bonchev–Trinajstić information content (AvgIpc) is 2.35. The topological polar surface area (TPSA) is 29.1 Å². The summed E-state index contributed by atoms with van der Waals surface area (Å²) in [5.41, 5.74) is 2.93. The van der Waals surface area contributed by atoms with Crippen molar-refractivity contribution in [2.75, 3.05) is 6.54 Å². The fourth-order valence-corrected chi connectivity index (χ4v) is 1.45. The summed E-state index contributed by atoms with van der Waals surface area (Å²) in [4.78, 5) is 11.7. The maximum atomic E-state index is 11.7. The van der Waals surface area contributed by atoms with Gasteiger partial charge < -0.3 is 5.32 Å². The Bertz CT molecular complexity index is 379. The molecule has 0 spiro atoms. The highest BCUT2D eigenvalue weighted by Gasteiger charge is 2.07. The third kappa shape index (κ3) is 3.23. The molecule has 86 valence electrons. The van der Waals surface area contributed by atoms with E-state index in [-0.39, 0.29) is 5.91 Å². The number of carbonyl (C=O) groups is 1. The fraction of sp³-hybridized carbons (Fsp3) is 0.357. The summed E-state index contributed by atoms with van der Waals surface area (Å²) in [7, 11) is 0. The van der Waals surface area contributed by atoms with Gasteiger partial charge in [0, 0.05) is 12.1 Å². The van der Waals surface area contributed by atoms with Crippen molar-refractivity contribution in [3.05, 3.63) is 41.5 Å². The van der Waals surface area contributed by atoms with Crippen LogP contribution in [-0.4, -0.2) is 12.5 Å². The molecule has 0 atom stereocenters. The van der Waals surface area contributed by atoms with Crippen LogP contribution in [0.2, 0.25) is 0 Å². The van der Waals surface area contributed by atoms with E-state index in [1.54, 1.807) is 0 Å². The van der Waals surface area contributed by atoms with Gasteiger partial charge in [-0.05, 0) is 31.4 Å². The van der Waals surface area contributed by atoms with Gasteiger partial charge in [-0.2, -0.15) is 0 Å². The zero-order valence-corrected chi connectivity index (χ0v) is 10.2. The van der Waals surface area contributed by atoms with Crippen molar-refractivity contribution in [3.8, 4) is 0 Å². The Kier molecular flexibility index (Phi) is 4.77. The number of amides is 1. The normalized spacial score (nSPS) is 11.9. The lowest BCUT2D eigenvalue weighted by Gasteiger charge is -2.08. The van der Waals surface area contributed by atoms with Gasteiger partial charge in [-0.1, -0.05) is 37.3 Å². The van der Waals surface area contributed by atoms with Gasteiger partial charge in [0.2, 0.25) is 5.91 Å². The largest absolute Gasteiger partial charge is 0.352 e. The number of carbonyl (C=O) groups excluding carboxylic acids is 1. The predicted octanol–water partition coefficient (Wildman–Crippen LogP) is 3.01. The van der Waals surface area contributed by atoms with E-state index in [4.69, 9.17) is 0 Å². The molecular weight excluding hydrogens is 198 g/mol. The molecule has 0 aliphatic rings. The second-order valence-corrected chi connectivity index (χ2v) is 3.87. The second kappa shape index (κ2) is 6.11. The summed E-state index contributed by atoms with van der Waals surface area (Å²) >= 11 is 0. The molecule has 0 heterocycles. The van der Waals surface area contributed by atoms with Gasteiger partial charge in [0.25, 0.3) is 0 Å². The van der Waals surface area contributed by atoms with Crippen molar-refractivity contribution in [2.24, 2.45) is 0 Å². The van der Waals surface area contributed by atoms with Crippen LogP contribution in [0.5, 0.6) is 0 Å². The molecule has 16 heavy (non-hydrogen) atoms. The van der Waals surface area contributed by atoms with Crippen LogP contribution in [0.15, 0.2) is 35.9 Å². The first-order valence-corrected chi connectivity index (χ1v) is 5.68. The van der Waals surface area contributed by atoms with Crippen LogP contribution in [0.4, 0.5) is 0 Å². The molecule has 0 saturated heterocycles. The van der Waals surface area contributed by atoms with E-state index in [1.165, 1.54) is 0 Å². The summed E-state index contributed by atoms with van der Waals surface area (Å²) < 4.78 is 0. The van der Waals surface area contributed by atoms with Crippen molar-refractivity contribution in [3.63, 3.8) is 0 Å². The third-order valence-corrected chi connectivity index (χ3v) is 2.65. The minimum absolute atomic E-state index is 0.0307. The van der Waals surface area contributed by atoms with Crippen molar-refractivity contribution in [1.82, 2.24) is 5.32 Å². The fourth-order valence-electron chi connectivity index (χ4n) is 1.45. The van der Waals surface area contributed by atoms with Gasteiger partial charge in [0.1, 0.15) is 0 Å². The Morgan fingerprint density at radius 2 is 1.81 bits per heavy atom. The Hall–Kier alpha value is -1.57. The molecule has 0 aromatic heterocycles. The Morgan fingerprint density at radius 1 is 1.19 bits per heavy atom. The number of rotatable bonds is 4. The molecule has 1 aromatic carbocycles. The molecule has 0 unspecified atom stereocenters. The number of nitrogens with one attached hydrogen (secondary N) is 1. The van der Waals surface area contributed by atoms with Gasteiger partial charge in [-0.25, -0.2) is 0 Å². The number of allylic oxidation sites excluding steroid dienone is 1. The first-order valence-electron chi connectivity index (χ1n) is 5.68. The first-order chi connectivity index (χ1) is 7.66. The van der Waals surface area contributed by atoms with Gasteiger partial charge in [0.05, 0.1) is 0 Å². The van der Waals surface area contributed by atoms with Crippen LogP contribution in [0.3, 0.4) is 0 Å². The molecule has 2 heteroatoms. The maximum absolute atomic E-state index is 11.7. The summed E-state index contributed by atoms with van der Waals surface area (Å²) in [5.74, 6) is 0.0307. The molecule has 1 aromatic rings. The molecule has 0 fully saturated rings. The van der Waals surface area contributed by atoms with Gasteiger partial charge in [0.15, 0.2) is 0 Å². The van der Waals surface area contributed by atoms with Crippen LogP contribution in [0.25, 0.3) is 5.57 Å². The lowest BCUT2D eigenvalue weighted by molar-refractivity contribution is -0.117. The smallest absolute Gasteiger partial charge is 0.247 e. The minimum atomic E-state index is 0.0307. The van der Waals surface area contributed by atoms with E-state index < -0.39 is 0 Å². The highest BCUT2D eigenvalue weighted by atomic mass is 16.1. The Balaban J connectivity index is 2.84. The Morgan fingerprint density at radius 3 is 2.38 bits per heavy atom. The molecule has 0 radical (unpaired) electrons. The maximum Gasteiger partial charge on any atom is 0.247 e. The van der Waals surface area contributed by atoms with E-state index in [0.717, 1.165) is 29.7 Å². The molecule has 0 aliphatic heterocycles. The van der Waals surface area contributed by atoms with Gasteiger partial charge in [-0.3, -0.25) is 4.79 Å². The van der Waals surface area contributed by atoms with Crippen molar-refractivity contribution in [2.45, 2.75) is 27.2 Å². The zero-order valence-electron chi connectivity index (χ0n) is 10.2. The molecule has 0 aliphatic carbocycles. The van der Waals surface area contributed by atoms with E-state index in [9.17, 15) is 4.79 Å². The highest BCUT2D eigenvalue weighted by molar-refractivity contribution is 6.00. The number of benzene rings is 1. The second-order valence-electron chi connectivity index (χ2n) is 3.87. The summed E-state index contributed by atoms with van der Waals surface area (Å²) in [6.45, 7) is 6.63. The van der Waals surface area contributed by atoms with E-state index in [2.05, 4.69) is 5.32 Å². The number of hydrogen-bond acceptors (Lipinski definition) is 1. The monoisotopic (exact) mass is 217 g/mol. The highest BCUT2D eigenvalue weighted by Crippen LogP contribution is 2.17. The lowest BCUT2D eigenvalue weighted by Crippen LogP contribution is -2.25. The molecule has 0 saturated carbocycles. The van der Waals surface area contributed by atoms with E-state index in [0.29, 0.717) is 0 Å². The van der Waals surface area contributed by atoms with Crippen molar-refractivity contribution < 1.29 is 4.79 Å². The van der Waals surface area contributed by atoms with Crippen LogP contribution >= 0.6 is 0 Å². The Labute approximate surface area is 97.4 Å². The lowest BCUT2D eigenvalue weighted by atomic mass is 10.0. The SMILES string of the molecule is CCCNC(=O)/C(C)=C(\C)c1ccccc1. The van der Waals surface area contributed by atoms with E-state index in [1.807, 2.05) is 51.1 Å². The molecule has 1 rings (SSSR count). The third-order valence-electron chi connectivity index (χ3n) is 2.65. The minimum Gasteiger partial charge on any atom is -0.352 e. The van der Waals surface area contributed by atoms with Crippen molar-refractivity contribution in [1.29, 1.82) is 0 Å². The predicted molar refractivity (Wildman–Crippen MR) is 68.0 cm³/mol. The standard InChI is InChI=1S/C14H19NO/c1-4-10-15-14(16)12(3)11(2)13-8-6-5-7-9-13/h5-9H,4,10H2,1-3H3,(H,15,16)/b12-11+. The van der Waals surface area contributed by atoms with Gasteiger partial charge >= 0.3 is 0 Å². The average molecular weight is 217 g/mol. The summed E-state index contributed by atoms with van der Waals surface area (Å²) in [5, 5.41) is 2.89. The van der Waals surface area contributed by atoms with E-state index >= 15 is 0 Å². The van der Waals surface area contributed by atoms with Crippen LogP contribution in [-0.2, 0) is 4.79 Å². The molecule has 1 amide bonds. The summed E-state index contributed by atoms with van der Waals surface area (Å²) in [6.07, 6.45) is 0.962.